The second-order valence-electron chi connectivity index (χ2n) is 3.69. The third-order valence-electron chi connectivity index (χ3n) is 2.14. The van der Waals surface area contributed by atoms with E-state index < -0.39 is 0 Å². The molecule has 0 fully saturated rings. The number of carbonyl (C=O) groups excluding carboxylic acids is 2. The van der Waals surface area contributed by atoms with Crippen molar-refractivity contribution in [2.24, 2.45) is 0 Å². The van der Waals surface area contributed by atoms with E-state index in [2.05, 4.69) is 31.9 Å². The van der Waals surface area contributed by atoms with Gasteiger partial charge in [0.25, 0.3) is 0 Å². The molecule has 0 aliphatic carbocycles. The van der Waals surface area contributed by atoms with Crippen LogP contribution in [0, 0.1) is 0 Å². The van der Waals surface area contributed by atoms with Gasteiger partial charge in [-0.1, -0.05) is 15.9 Å². The predicted molar refractivity (Wildman–Crippen MR) is 81.6 cm³/mol. The zero-order chi connectivity index (χ0) is 13.4. The average Bonchev–Trinajstić information content (AvgIpc) is 2.32. The molecule has 0 aromatic heterocycles. The van der Waals surface area contributed by atoms with Crippen molar-refractivity contribution in [3.63, 3.8) is 0 Å². The number of hydrogen-bond donors (Lipinski definition) is 3. The maximum absolute atomic E-state index is 11.5. The molecule has 0 radical (unpaired) electrons. The Balaban J connectivity index is 0.00000324. The lowest BCUT2D eigenvalue weighted by atomic mass is 10.3. The van der Waals surface area contributed by atoms with Crippen molar-refractivity contribution in [2.75, 3.05) is 25.5 Å². The summed E-state index contributed by atoms with van der Waals surface area (Å²) < 4.78 is 0.958. The summed E-state index contributed by atoms with van der Waals surface area (Å²) >= 11 is 3.32. The number of carbonyl (C=O) groups is 2. The van der Waals surface area contributed by atoms with E-state index in [1.165, 1.54) is 0 Å². The first kappa shape index (κ1) is 17.9. The maximum atomic E-state index is 11.5. The van der Waals surface area contributed by atoms with Gasteiger partial charge in [-0.15, -0.1) is 12.4 Å². The molecule has 1 aromatic rings. The van der Waals surface area contributed by atoms with Gasteiger partial charge in [0.05, 0.1) is 6.54 Å². The average molecular weight is 351 g/mol. The molecule has 19 heavy (non-hydrogen) atoms. The van der Waals surface area contributed by atoms with E-state index in [1.54, 1.807) is 7.05 Å². The van der Waals surface area contributed by atoms with Crippen molar-refractivity contribution < 1.29 is 9.59 Å². The summed E-state index contributed by atoms with van der Waals surface area (Å²) in [5.74, 6) is -0.240. The minimum atomic E-state index is -0.123. The lowest BCUT2D eigenvalue weighted by Crippen LogP contribution is -2.34. The smallest absolute Gasteiger partial charge is 0.233 e. The van der Waals surface area contributed by atoms with Gasteiger partial charge in [-0.3, -0.25) is 9.59 Å². The highest BCUT2D eigenvalue weighted by molar-refractivity contribution is 9.10. The molecule has 0 spiro atoms. The van der Waals surface area contributed by atoms with Gasteiger partial charge >= 0.3 is 0 Å². The van der Waals surface area contributed by atoms with Crippen LogP contribution < -0.4 is 16.0 Å². The van der Waals surface area contributed by atoms with Gasteiger partial charge in [-0.25, -0.2) is 0 Å². The van der Waals surface area contributed by atoms with Gasteiger partial charge in [0.15, 0.2) is 0 Å². The number of hydrogen-bond acceptors (Lipinski definition) is 3. The first-order valence-electron chi connectivity index (χ1n) is 5.58. The summed E-state index contributed by atoms with van der Waals surface area (Å²) in [6, 6.07) is 7.32. The zero-order valence-electron chi connectivity index (χ0n) is 10.5. The van der Waals surface area contributed by atoms with Gasteiger partial charge in [0.1, 0.15) is 0 Å². The molecule has 7 heteroatoms. The fourth-order valence-corrected chi connectivity index (χ4v) is 1.56. The molecule has 0 unspecified atom stereocenters. The van der Waals surface area contributed by atoms with Crippen molar-refractivity contribution in [1.82, 2.24) is 10.6 Å². The molecular formula is C12H17BrClN3O2. The van der Waals surface area contributed by atoms with Gasteiger partial charge in [-0.05, 0) is 31.3 Å². The number of amides is 2. The molecule has 2 amide bonds. The first-order valence-corrected chi connectivity index (χ1v) is 6.38. The summed E-state index contributed by atoms with van der Waals surface area (Å²) in [5, 5.41) is 8.12. The molecule has 5 nitrogen and oxygen atoms in total. The van der Waals surface area contributed by atoms with Crippen LogP contribution in [0.25, 0.3) is 0 Å². The molecule has 0 aliphatic heterocycles. The van der Waals surface area contributed by atoms with E-state index in [0.29, 0.717) is 6.54 Å². The molecule has 0 atom stereocenters. The molecule has 1 aromatic carbocycles. The van der Waals surface area contributed by atoms with Crippen LogP contribution in [0.1, 0.15) is 6.42 Å². The van der Waals surface area contributed by atoms with Crippen LogP contribution >= 0.6 is 28.3 Å². The third-order valence-corrected chi connectivity index (χ3v) is 2.67. The molecule has 0 heterocycles. The molecule has 0 saturated heterocycles. The van der Waals surface area contributed by atoms with Gasteiger partial charge in [0.2, 0.25) is 11.8 Å². The van der Waals surface area contributed by atoms with Crippen LogP contribution in [0.3, 0.4) is 0 Å². The highest BCUT2D eigenvalue weighted by Gasteiger charge is 2.03. The summed E-state index contributed by atoms with van der Waals surface area (Å²) in [4.78, 5) is 22.7. The Bertz CT molecular complexity index is 412. The van der Waals surface area contributed by atoms with Gasteiger partial charge < -0.3 is 16.0 Å². The topological polar surface area (TPSA) is 70.2 Å². The predicted octanol–water partition coefficient (Wildman–Crippen LogP) is 1.54. The molecule has 0 saturated carbocycles. The lowest BCUT2D eigenvalue weighted by molar-refractivity contribution is -0.120. The van der Waals surface area contributed by atoms with E-state index in [-0.39, 0.29) is 37.2 Å². The molecule has 3 N–H and O–H groups in total. The number of rotatable bonds is 6. The van der Waals surface area contributed by atoms with E-state index in [1.807, 2.05) is 24.3 Å². The van der Waals surface area contributed by atoms with Crippen LogP contribution in [0.15, 0.2) is 28.7 Å². The fourth-order valence-electron chi connectivity index (χ4n) is 1.30. The van der Waals surface area contributed by atoms with Gasteiger partial charge in [-0.2, -0.15) is 0 Å². The molecule has 0 aliphatic rings. The van der Waals surface area contributed by atoms with Crippen LogP contribution in [0.4, 0.5) is 5.69 Å². The highest BCUT2D eigenvalue weighted by Crippen LogP contribution is 2.13. The Morgan fingerprint density at radius 2 is 1.79 bits per heavy atom. The largest absolute Gasteiger partial charge is 0.354 e. The molecule has 0 bridgehead atoms. The van der Waals surface area contributed by atoms with Gasteiger partial charge in [0, 0.05) is 23.1 Å². The van der Waals surface area contributed by atoms with E-state index >= 15 is 0 Å². The number of benzene rings is 1. The molecule has 1 rings (SSSR count). The summed E-state index contributed by atoms with van der Waals surface area (Å²) in [6.45, 7) is 0.594. The van der Waals surface area contributed by atoms with Crippen molar-refractivity contribution in [3.05, 3.63) is 28.7 Å². The van der Waals surface area contributed by atoms with E-state index in [9.17, 15) is 9.59 Å². The summed E-state index contributed by atoms with van der Waals surface area (Å²) in [7, 11) is 1.69. The number of nitrogens with one attached hydrogen (secondary N) is 3. The van der Waals surface area contributed by atoms with Crippen molar-refractivity contribution in [3.8, 4) is 0 Å². The van der Waals surface area contributed by atoms with Crippen LogP contribution in [0.5, 0.6) is 0 Å². The minimum absolute atomic E-state index is 0. The van der Waals surface area contributed by atoms with Crippen LogP contribution in [0.2, 0.25) is 0 Å². The Kier molecular flexibility index (Phi) is 9.20. The quantitative estimate of drug-likeness (QED) is 0.729. The lowest BCUT2D eigenvalue weighted by Gasteiger charge is -2.06. The van der Waals surface area contributed by atoms with E-state index in [4.69, 9.17) is 0 Å². The summed E-state index contributed by atoms with van der Waals surface area (Å²) in [6.07, 6.45) is 0.255. The Labute approximate surface area is 127 Å². The number of anilines is 1. The first-order chi connectivity index (χ1) is 8.61. The SMILES string of the molecule is CNCC(=O)NCCC(=O)Nc1ccc(Br)cc1.Cl. The molecule has 106 valence electrons. The van der Waals surface area contributed by atoms with Crippen molar-refractivity contribution >= 4 is 45.8 Å². The summed E-state index contributed by atoms with van der Waals surface area (Å²) in [5.41, 5.74) is 0.741. The molecular weight excluding hydrogens is 334 g/mol. The van der Waals surface area contributed by atoms with Crippen molar-refractivity contribution in [1.29, 1.82) is 0 Å². The number of halogens is 2. The monoisotopic (exact) mass is 349 g/mol. The Morgan fingerprint density at radius 3 is 2.37 bits per heavy atom. The highest BCUT2D eigenvalue weighted by atomic mass is 79.9. The zero-order valence-corrected chi connectivity index (χ0v) is 12.9. The standard InChI is InChI=1S/C12H16BrN3O2.ClH/c1-14-8-12(18)15-7-6-11(17)16-10-4-2-9(13)3-5-10;/h2-5,14H,6-8H2,1H3,(H,15,18)(H,16,17);1H. The van der Waals surface area contributed by atoms with Crippen LogP contribution in [-0.2, 0) is 9.59 Å². The Morgan fingerprint density at radius 1 is 1.16 bits per heavy atom. The third kappa shape index (κ3) is 7.81. The van der Waals surface area contributed by atoms with Crippen molar-refractivity contribution in [2.45, 2.75) is 6.42 Å². The number of likely N-dealkylation sites (N-methyl/N-ethyl adjacent to an activating group) is 1. The second kappa shape index (κ2) is 9.77. The van der Waals surface area contributed by atoms with E-state index in [0.717, 1.165) is 10.2 Å². The normalized spacial score (nSPS) is 9.37. The Hall–Kier alpha value is -1.11. The second-order valence-corrected chi connectivity index (χ2v) is 4.60. The van der Waals surface area contributed by atoms with Crippen LogP contribution in [-0.4, -0.2) is 32.0 Å². The minimum Gasteiger partial charge on any atom is -0.354 e. The fraction of sp³-hybridized carbons (Fsp3) is 0.333. The maximum Gasteiger partial charge on any atom is 0.233 e.